The van der Waals surface area contributed by atoms with E-state index in [0.717, 1.165) is 30.9 Å². The van der Waals surface area contributed by atoms with Gasteiger partial charge < -0.3 is 4.57 Å². The number of thiazole rings is 1. The quantitative estimate of drug-likeness (QED) is 0.628. The van der Waals surface area contributed by atoms with Crippen molar-refractivity contribution in [1.29, 1.82) is 0 Å². The van der Waals surface area contributed by atoms with Crippen LogP contribution in [0.4, 0.5) is 0 Å². The Labute approximate surface area is 130 Å². The van der Waals surface area contributed by atoms with Gasteiger partial charge in [0.05, 0.1) is 21.5 Å². The molecule has 0 atom stereocenters. The van der Waals surface area contributed by atoms with Crippen molar-refractivity contribution in [3.05, 3.63) is 46.0 Å². The first-order valence-corrected chi connectivity index (χ1v) is 8.70. The Kier molecular flexibility index (Phi) is 4.50. The number of aryl methyl sites for hydroxylation is 2. The summed E-state index contributed by atoms with van der Waals surface area (Å²) in [6, 6.07) is 4.17. The third kappa shape index (κ3) is 3.11. The molecule has 104 valence electrons. The molecule has 20 heavy (non-hydrogen) atoms. The first kappa shape index (κ1) is 13.8. The first-order valence-electron chi connectivity index (χ1n) is 6.41. The van der Waals surface area contributed by atoms with Crippen LogP contribution in [0, 0.1) is 0 Å². The van der Waals surface area contributed by atoms with Crippen LogP contribution in [-0.2, 0) is 18.8 Å². The van der Waals surface area contributed by atoms with Crippen molar-refractivity contribution in [3.63, 3.8) is 0 Å². The molecule has 0 unspecified atom stereocenters. The van der Waals surface area contributed by atoms with Crippen molar-refractivity contribution in [3.8, 4) is 10.7 Å². The summed E-state index contributed by atoms with van der Waals surface area (Å²) < 4.78 is 2.21. The molecule has 0 N–H and O–H groups in total. The fraction of sp³-hybridized carbons (Fsp3) is 0.286. The van der Waals surface area contributed by atoms with Crippen molar-refractivity contribution in [2.24, 2.45) is 0 Å². The van der Waals surface area contributed by atoms with Crippen molar-refractivity contribution in [2.75, 3.05) is 0 Å². The number of imidazole rings is 1. The minimum atomic E-state index is 0.501. The van der Waals surface area contributed by atoms with Crippen LogP contribution in [0.5, 0.6) is 0 Å². The van der Waals surface area contributed by atoms with E-state index in [1.807, 2.05) is 17.8 Å². The van der Waals surface area contributed by atoms with Crippen LogP contribution < -0.4 is 0 Å². The summed E-state index contributed by atoms with van der Waals surface area (Å²) in [4.78, 5) is 10.1. The van der Waals surface area contributed by atoms with Gasteiger partial charge in [-0.25, -0.2) is 9.97 Å². The average Bonchev–Trinajstić information content (AvgIpc) is 3.20. The molecule has 3 aromatic rings. The maximum Gasteiger partial charge on any atom is 0.149 e. The Hall–Kier alpha value is -1.17. The molecule has 0 aromatic carbocycles. The molecule has 0 spiro atoms. The number of hydrogen-bond donors (Lipinski definition) is 0. The topological polar surface area (TPSA) is 30.7 Å². The number of alkyl halides is 1. The monoisotopic (exact) mass is 323 g/mol. The van der Waals surface area contributed by atoms with E-state index < -0.39 is 0 Å². The van der Waals surface area contributed by atoms with Crippen LogP contribution in [-0.4, -0.2) is 14.5 Å². The normalized spacial score (nSPS) is 11.1. The van der Waals surface area contributed by atoms with Gasteiger partial charge in [-0.05, 0) is 17.9 Å². The lowest BCUT2D eigenvalue weighted by Gasteiger charge is -2.05. The van der Waals surface area contributed by atoms with Gasteiger partial charge in [-0.3, -0.25) is 0 Å². The molecule has 3 heterocycles. The molecular weight excluding hydrogens is 310 g/mol. The SMILES string of the molecule is ClCc1csc(CCCn2ccnc2-c2cccs2)n1. The summed E-state index contributed by atoms with van der Waals surface area (Å²) >= 11 is 9.18. The molecule has 3 aromatic heterocycles. The van der Waals surface area contributed by atoms with Crippen molar-refractivity contribution < 1.29 is 0 Å². The van der Waals surface area contributed by atoms with Crippen molar-refractivity contribution in [1.82, 2.24) is 14.5 Å². The van der Waals surface area contributed by atoms with Gasteiger partial charge in [0, 0.05) is 30.7 Å². The standard InChI is InChI=1S/C14H14ClN3S2/c15-9-11-10-20-13(17-11)4-1-6-18-7-5-16-14(18)12-3-2-8-19-12/h2-3,5,7-8,10H,1,4,6,9H2. The molecule has 0 fully saturated rings. The highest BCUT2D eigenvalue weighted by Crippen LogP contribution is 2.23. The molecule has 0 aliphatic carbocycles. The molecule has 3 rings (SSSR count). The Balaban J connectivity index is 1.60. The second kappa shape index (κ2) is 6.52. The molecule has 0 bridgehead atoms. The molecule has 0 saturated carbocycles. The number of hydrogen-bond acceptors (Lipinski definition) is 4. The zero-order chi connectivity index (χ0) is 13.8. The molecule has 0 aliphatic rings. The minimum Gasteiger partial charge on any atom is -0.330 e. The lowest BCUT2D eigenvalue weighted by atomic mass is 10.3. The van der Waals surface area contributed by atoms with E-state index in [1.54, 1.807) is 22.7 Å². The summed E-state index contributed by atoms with van der Waals surface area (Å²) in [5, 5.41) is 5.28. The van der Waals surface area contributed by atoms with Crippen LogP contribution in [0.15, 0.2) is 35.3 Å². The number of halogens is 1. The lowest BCUT2D eigenvalue weighted by Crippen LogP contribution is -2.00. The zero-order valence-corrected chi connectivity index (χ0v) is 13.2. The second-order valence-corrected chi connectivity index (χ2v) is 6.55. The van der Waals surface area contributed by atoms with Gasteiger partial charge in [-0.15, -0.1) is 34.3 Å². The van der Waals surface area contributed by atoms with E-state index in [2.05, 4.69) is 32.0 Å². The van der Waals surface area contributed by atoms with E-state index in [0.29, 0.717) is 5.88 Å². The Morgan fingerprint density at radius 2 is 2.25 bits per heavy atom. The largest absolute Gasteiger partial charge is 0.330 e. The third-order valence-electron chi connectivity index (χ3n) is 2.98. The zero-order valence-electron chi connectivity index (χ0n) is 10.8. The molecule has 3 nitrogen and oxygen atoms in total. The van der Waals surface area contributed by atoms with Gasteiger partial charge in [0.1, 0.15) is 5.82 Å². The number of thiophene rings is 1. The Morgan fingerprint density at radius 3 is 3.00 bits per heavy atom. The summed E-state index contributed by atoms with van der Waals surface area (Å²) in [7, 11) is 0. The summed E-state index contributed by atoms with van der Waals surface area (Å²) in [6.07, 6.45) is 5.96. The predicted molar refractivity (Wildman–Crippen MR) is 85.5 cm³/mol. The van der Waals surface area contributed by atoms with Gasteiger partial charge in [-0.1, -0.05) is 6.07 Å². The Bertz CT molecular complexity index is 658. The molecule has 6 heteroatoms. The summed E-state index contributed by atoms with van der Waals surface area (Å²) in [6.45, 7) is 0.961. The van der Waals surface area contributed by atoms with Gasteiger partial charge >= 0.3 is 0 Å². The van der Waals surface area contributed by atoms with Crippen LogP contribution in [0.25, 0.3) is 10.7 Å². The molecule has 0 aliphatic heterocycles. The maximum atomic E-state index is 5.77. The predicted octanol–water partition coefficient (Wildman–Crippen LogP) is 4.44. The van der Waals surface area contributed by atoms with Crippen LogP contribution >= 0.6 is 34.3 Å². The van der Waals surface area contributed by atoms with Crippen LogP contribution in [0.1, 0.15) is 17.1 Å². The fourth-order valence-electron chi connectivity index (χ4n) is 2.05. The van der Waals surface area contributed by atoms with E-state index in [-0.39, 0.29) is 0 Å². The van der Waals surface area contributed by atoms with E-state index in [4.69, 9.17) is 11.6 Å². The molecular formula is C14H14ClN3S2. The average molecular weight is 324 g/mol. The highest BCUT2D eigenvalue weighted by Gasteiger charge is 2.07. The minimum absolute atomic E-state index is 0.501. The summed E-state index contributed by atoms with van der Waals surface area (Å²) in [5.74, 6) is 1.56. The van der Waals surface area contributed by atoms with Gasteiger partial charge in [0.25, 0.3) is 0 Å². The number of nitrogens with zero attached hydrogens (tertiary/aromatic N) is 3. The highest BCUT2D eigenvalue weighted by molar-refractivity contribution is 7.13. The fourth-order valence-corrected chi connectivity index (χ4v) is 3.85. The van der Waals surface area contributed by atoms with Crippen LogP contribution in [0.3, 0.4) is 0 Å². The third-order valence-corrected chi connectivity index (χ3v) is 5.08. The van der Waals surface area contributed by atoms with Gasteiger partial charge in [0.15, 0.2) is 0 Å². The first-order chi connectivity index (χ1) is 9.86. The molecule has 0 amide bonds. The second-order valence-electron chi connectivity index (χ2n) is 4.39. The van der Waals surface area contributed by atoms with Crippen molar-refractivity contribution in [2.45, 2.75) is 25.3 Å². The van der Waals surface area contributed by atoms with Gasteiger partial charge in [0.2, 0.25) is 0 Å². The molecule has 0 saturated heterocycles. The number of aromatic nitrogens is 3. The smallest absolute Gasteiger partial charge is 0.149 e. The number of rotatable bonds is 6. The van der Waals surface area contributed by atoms with E-state index in [1.165, 1.54) is 9.88 Å². The van der Waals surface area contributed by atoms with Gasteiger partial charge in [-0.2, -0.15) is 0 Å². The van der Waals surface area contributed by atoms with Crippen molar-refractivity contribution >= 4 is 34.3 Å². The summed E-state index contributed by atoms with van der Waals surface area (Å²) in [5.41, 5.74) is 0.980. The Morgan fingerprint density at radius 1 is 1.30 bits per heavy atom. The van der Waals surface area contributed by atoms with E-state index in [9.17, 15) is 0 Å². The van der Waals surface area contributed by atoms with Crippen LogP contribution in [0.2, 0.25) is 0 Å². The maximum absolute atomic E-state index is 5.77. The lowest BCUT2D eigenvalue weighted by molar-refractivity contribution is 0.646. The molecule has 0 radical (unpaired) electrons. The van der Waals surface area contributed by atoms with E-state index >= 15 is 0 Å². The highest BCUT2D eigenvalue weighted by atomic mass is 35.5.